The van der Waals surface area contributed by atoms with E-state index in [-0.39, 0.29) is 11.9 Å². The third-order valence-electron chi connectivity index (χ3n) is 3.52. The molecule has 0 saturated carbocycles. The molecule has 2 rings (SSSR count). The second kappa shape index (κ2) is 8.00. The second-order valence-electron chi connectivity index (χ2n) is 5.96. The number of nitrogens with one attached hydrogen (secondary N) is 1. The molecular formula is C19H22ClNO. The van der Waals surface area contributed by atoms with Crippen molar-refractivity contribution in [1.29, 1.82) is 0 Å². The van der Waals surface area contributed by atoms with E-state index in [0.29, 0.717) is 17.4 Å². The molecule has 0 aliphatic rings. The van der Waals surface area contributed by atoms with E-state index in [1.165, 1.54) is 0 Å². The smallest absolute Gasteiger partial charge is 0.224 e. The summed E-state index contributed by atoms with van der Waals surface area (Å²) in [7, 11) is 0. The molecule has 0 aliphatic heterocycles. The molecule has 0 unspecified atom stereocenters. The summed E-state index contributed by atoms with van der Waals surface area (Å²) in [5.74, 6) is 0.554. The number of hydrogen-bond donors (Lipinski definition) is 1. The fraction of sp³-hybridized carbons (Fsp3) is 0.316. The summed E-state index contributed by atoms with van der Waals surface area (Å²) >= 11 is 5.87. The Bertz CT molecular complexity index is 593. The van der Waals surface area contributed by atoms with Gasteiger partial charge in [-0.25, -0.2) is 0 Å². The molecule has 0 spiro atoms. The van der Waals surface area contributed by atoms with E-state index in [1.54, 1.807) is 0 Å². The maximum Gasteiger partial charge on any atom is 0.224 e. The lowest BCUT2D eigenvalue weighted by molar-refractivity contribution is -0.121. The van der Waals surface area contributed by atoms with Gasteiger partial charge in [0.2, 0.25) is 5.91 Å². The molecule has 2 aromatic carbocycles. The van der Waals surface area contributed by atoms with Gasteiger partial charge in [0.1, 0.15) is 0 Å². The molecule has 0 aliphatic carbocycles. The van der Waals surface area contributed by atoms with Crippen LogP contribution in [0.5, 0.6) is 0 Å². The van der Waals surface area contributed by atoms with Gasteiger partial charge < -0.3 is 5.32 Å². The Morgan fingerprint density at radius 2 is 1.68 bits per heavy atom. The van der Waals surface area contributed by atoms with E-state index in [2.05, 4.69) is 31.3 Å². The van der Waals surface area contributed by atoms with Crippen LogP contribution in [0.3, 0.4) is 0 Å². The van der Waals surface area contributed by atoms with Crippen molar-refractivity contribution in [2.75, 3.05) is 0 Å². The zero-order chi connectivity index (χ0) is 15.9. The fourth-order valence-electron chi connectivity index (χ4n) is 2.47. The molecule has 0 heterocycles. The van der Waals surface area contributed by atoms with Crippen molar-refractivity contribution >= 4 is 17.5 Å². The van der Waals surface area contributed by atoms with E-state index >= 15 is 0 Å². The predicted molar refractivity (Wildman–Crippen MR) is 91.9 cm³/mol. The van der Waals surface area contributed by atoms with Crippen LogP contribution >= 0.6 is 11.6 Å². The van der Waals surface area contributed by atoms with Crippen molar-refractivity contribution in [3.63, 3.8) is 0 Å². The van der Waals surface area contributed by atoms with Gasteiger partial charge in [0.15, 0.2) is 0 Å². The molecule has 0 saturated heterocycles. The molecule has 116 valence electrons. The summed E-state index contributed by atoms with van der Waals surface area (Å²) in [4.78, 5) is 12.3. The van der Waals surface area contributed by atoms with Crippen LogP contribution in [0, 0.1) is 5.92 Å². The minimum atomic E-state index is 0.0387. The Hall–Kier alpha value is -1.80. The van der Waals surface area contributed by atoms with Crippen LogP contribution in [-0.2, 0) is 11.2 Å². The number of hydrogen-bond acceptors (Lipinski definition) is 1. The Morgan fingerprint density at radius 1 is 1.05 bits per heavy atom. The molecule has 0 bridgehead atoms. The number of carbonyl (C=O) groups excluding carboxylic acids is 1. The summed E-state index contributed by atoms with van der Waals surface area (Å²) in [5.41, 5.74) is 2.12. The highest BCUT2D eigenvalue weighted by Gasteiger charge is 2.16. The van der Waals surface area contributed by atoms with Gasteiger partial charge in [-0.3, -0.25) is 4.79 Å². The molecule has 2 nitrogen and oxygen atoms in total. The first-order chi connectivity index (χ1) is 10.5. The molecule has 0 radical (unpaired) electrons. The maximum absolute atomic E-state index is 12.3. The lowest BCUT2D eigenvalue weighted by Gasteiger charge is -2.21. The Morgan fingerprint density at radius 3 is 2.27 bits per heavy atom. The van der Waals surface area contributed by atoms with E-state index in [4.69, 9.17) is 11.6 Å². The van der Waals surface area contributed by atoms with Crippen LogP contribution < -0.4 is 5.32 Å². The summed E-state index contributed by atoms with van der Waals surface area (Å²) in [5, 5.41) is 3.84. The van der Waals surface area contributed by atoms with Gasteiger partial charge in [0, 0.05) is 5.02 Å². The van der Waals surface area contributed by atoms with Crippen molar-refractivity contribution < 1.29 is 4.79 Å². The third kappa shape index (κ3) is 5.19. The number of amides is 1. The molecule has 1 N–H and O–H groups in total. The molecule has 22 heavy (non-hydrogen) atoms. The zero-order valence-corrected chi connectivity index (χ0v) is 13.8. The molecule has 1 atom stereocenters. The van der Waals surface area contributed by atoms with Gasteiger partial charge >= 0.3 is 0 Å². The Labute approximate surface area is 137 Å². The minimum absolute atomic E-state index is 0.0387. The first-order valence-electron chi connectivity index (χ1n) is 7.63. The van der Waals surface area contributed by atoms with Crippen molar-refractivity contribution in [3.8, 4) is 0 Å². The fourth-order valence-corrected chi connectivity index (χ4v) is 2.59. The molecular weight excluding hydrogens is 294 g/mol. The van der Waals surface area contributed by atoms with Crippen LogP contribution in [0.1, 0.15) is 37.4 Å². The van der Waals surface area contributed by atoms with Gasteiger partial charge in [-0.2, -0.15) is 0 Å². The highest BCUT2D eigenvalue weighted by Crippen LogP contribution is 2.21. The van der Waals surface area contributed by atoms with Crippen LogP contribution in [0.15, 0.2) is 54.6 Å². The van der Waals surface area contributed by atoms with Gasteiger partial charge in [0.05, 0.1) is 12.5 Å². The van der Waals surface area contributed by atoms with Crippen LogP contribution in [-0.4, -0.2) is 5.91 Å². The molecule has 0 fully saturated rings. The number of rotatable bonds is 6. The van der Waals surface area contributed by atoms with E-state index in [1.807, 2.05) is 42.5 Å². The Kier molecular flexibility index (Phi) is 6.02. The summed E-state index contributed by atoms with van der Waals surface area (Å²) in [6.07, 6.45) is 1.30. The first kappa shape index (κ1) is 16.6. The minimum Gasteiger partial charge on any atom is -0.349 e. The highest BCUT2D eigenvalue weighted by atomic mass is 35.5. The highest BCUT2D eigenvalue weighted by molar-refractivity contribution is 6.30. The van der Waals surface area contributed by atoms with Crippen LogP contribution in [0.4, 0.5) is 0 Å². The quantitative estimate of drug-likeness (QED) is 0.816. The molecule has 2 aromatic rings. The van der Waals surface area contributed by atoms with Crippen molar-refractivity contribution in [2.45, 2.75) is 32.7 Å². The molecule has 3 heteroatoms. The van der Waals surface area contributed by atoms with Crippen LogP contribution in [0.25, 0.3) is 0 Å². The molecule has 0 aromatic heterocycles. The maximum atomic E-state index is 12.3. The van der Waals surface area contributed by atoms with Crippen molar-refractivity contribution in [1.82, 2.24) is 5.32 Å². The number of carbonyl (C=O) groups is 1. The van der Waals surface area contributed by atoms with E-state index in [0.717, 1.165) is 17.5 Å². The standard InChI is InChI=1S/C19H22ClNO/c1-14(2)12-18(16-6-4-3-5-7-16)21-19(22)13-15-8-10-17(20)11-9-15/h3-11,14,18H,12-13H2,1-2H3,(H,21,22)/t18-/m0/s1. The topological polar surface area (TPSA) is 29.1 Å². The van der Waals surface area contributed by atoms with Gasteiger partial charge in [-0.1, -0.05) is 67.9 Å². The number of benzene rings is 2. The van der Waals surface area contributed by atoms with E-state index in [9.17, 15) is 4.79 Å². The lowest BCUT2D eigenvalue weighted by atomic mass is 9.96. The molecule has 1 amide bonds. The van der Waals surface area contributed by atoms with Gasteiger partial charge in [0.25, 0.3) is 0 Å². The lowest BCUT2D eigenvalue weighted by Crippen LogP contribution is -2.30. The first-order valence-corrected chi connectivity index (χ1v) is 8.01. The zero-order valence-electron chi connectivity index (χ0n) is 13.1. The Balaban J connectivity index is 2.03. The largest absolute Gasteiger partial charge is 0.349 e. The second-order valence-corrected chi connectivity index (χ2v) is 6.40. The van der Waals surface area contributed by atoms with Crippen LogP contribution in [0.2, 0.25) is 5.02 Å². The van der Waals surface area contributed by atoms with Gasteiger partial charge in [-0.05, 0) is 35.6 Å². The van der Waals surface area contributed by atoms with E-state index < -0.39 is 0 Å². The average molecular weight is 316 g/mol. The van der Waals surface area contributed by atoms with Crippen molar-refractivity contribution in [3.05, 3.63) is 70.7 Å². The normalized spacial score (nSPS) is 12.2. The summed E-state index contributed by atoms with van der Waals surface area (Å²) in [6, 6.07) is 17.6. The number of halogens is 1. The summed E-state index contributed by atoms with van der Waals surface area (Å²) in [6.45, 7) is 4.34. The van der Waals surface area contributed by atoms with Gasteiger partial charge in [-0.15, -0.1) is 0 Å². The monoisotopic (exact) mass is 315 g/mol. The summed E-state index contributed by atoms with van der Waals surface area (Å²) < 4.78 is 0. The predicted octanol–water partition coefficient (Wildman–Crippen LogP) is 4.79. The average Bonchev–Trinajstić information content (AvgIpc) is 2.49. The van der Waals surface area contributed by atoms with Crippen molar-refractivity contribution in [2.24, 2.45) is 5.92 Å². The SMILES string of the molecule is CC(C)C[C@H](NC(=O)Cc1ccc(Cl)cc1)c1ccccc1. The third-order valence-corrected chi connectivity index (χ3v) is 3.77.